The number of pyridine rings is 1. The zero-order chi connectivity index (χ0) is 26.0. The smallest absolute Gasteiger partial charge is 0.231 e. The van der Waals surface area contributed by atoms with Crippen LogP contribution in [-0.2, 0) is 19.4 Å². The highest BCUT2D eigenvalue weighted by atomic mass is 35.5. The Balaban J connectivity index is 1.73. The van der Waals surface area contributed by atoms with E-state index in [0.29, 0.717) is 10.8 Å². The number of hydrogen-bond donors (Lipinski definition) is 0. The minimum atomic E-state index is 0.268. The molecule has 0 unspecified atom stereocenters. The molecule has 0 saturated heterocycles. The molecule has 192 valence electrons. The topological polar surface area (TPSA) is 40.8 Å². The number of unbranched alkanes of at least 4 members (excludes halogenated alkanes) is 1. The van der Waals surface area contributed by atoms with Gasteiger partial charge >= 0.3 is 0 Å². The quantitative estimate of drug-likeness (QED) is 0.171. The SMILES string of the molecule is CCCCc1cc2c3ccc(OC)c(OC)c3c(-c3ccc(Cl)cc3)[n+]3c2c2c(cc4c(c12)OCO4)CC3. The third-order valence-corrected chi connectivity index (χ3v) is 8.26. The average molecular weight is 527 g/mol. The summed E-state index contributed by atoms with van der Waals surface area (Å²) >= 11 is 6.32. The molecule has 38 heavy (non-hydrogen) atoms. The first kappa shape index (κ1) is 23.4. The molecule has 0 aliphatic carbocycles. The van der Waals surface area contributed by atoms with Gasteiger partial charge in [-0.05, 0) is 72.5 Å². The number of hydrogen-bond acceptors (Lipinski definition) is 4. The number of methoxy groups -OCH3 is 2. The van der Waals surface area contributed by atoms with Gasteiger partial charge in [0.2, 0.25) is 18.0 Å². The highest BCUT2D eigenvalue weighted by Crippen LogP contribution is 2.49. The van der Waals surface area contributed by atoms with E-state index >= 15 is 0 Å². The molecule has 4 aromatic carbocycles. The van der Waals surface area contributed by atoms with Crippen molar-refractivity contribution in [3.63, 3.8) is 0 Å². The summed E-state index contributed by atoms with van der Waals surface area (Å²) in [5.74, 6) is 3.20. The van der Waals surface area contributed by atoms with Crippen LogP contribution in [0.5, 0.6) is 23.0 Å². The molecule has 5 nitrogen and oxygen atoms in total. The summed E-state index contributed by atoms with van der Waals surface area (Å²) in [5, 5.41) is 6.60. The molecule has 3 heterocycles. The lowest BCUT2D eigenvalue weighted by atomic mass is 9.87. The number of aromatic nitrogens is 1. The zero-order valence-corrected chi connectivity index (χ0v) is 22.6. The molecule has 7 rings (SSSR count). The number of nitrogens with zero attached hydrogens (tertiary/aromatic N) is 1. The summed E-state index contributed by atoms with van der Waals surface area (Å²) < 4.78 is 26.3. The first-order chi connectivity index (χ1) is 18.6. The van der Waals surface area contributed by atoms with Crippen LogP contribution in [0.4, 0.5) is 0 Å². The van der Waals surface area contributed by atoms with E-state index in [1.165, 1.54) is 32.8 Å². The predicted molar refractivity (Wildman–Crippen MR) is 151 cm³/mol. The Bertz CT molecular complexity index is 1760. The van der Waals surface area contributed by atoms with Crippen molar-refractivity contribution in [1.82, 2.24) is 0 Å². The van der Waals surface area contributed by atoms with Crippen LogP contribution in [0.3, 0.4) is 0 Å². The summed E-state index contributed by atoms with van der Waals surface area (Å²) in [7, 11) is 3.41. The molecule has 0 bridgehead atoms. The van der Waals surface area contributed by atoms with Crippen molar-refractivity contribution in [3.8, 4) is 34.3 Å². The van der Waals surface area contributed by atoms with Gasteiger partial charge in [-0.15, -0.1) is 0 Å². The maximum Gasteiger partial charge on any atom is 0.231 e. The molecular weight excluding hydrogens is 498 g/mol. The third-order valence-electron chi connectivity index (χ3n) is 8.01. The minimum absolute atomic E-state index is 0.268. The molecule has 0 atom stereocenters. The Kier molecular flexibility index (Phi) is 5.52. The normalized spacial score (nSPS) is 13.7. The fourth-order valence-electron chi connectivity index (χ4n) is 6.37. The molecular formula is C32H29ClNO4+. The fraction of sp³-hybridized carbons (Fsp3) is 0.281. The molecule has 5 aromatic rings. The van der Waals surface area contributed by atoms with E-state index in [-0.39, 0.29) is 6.79 Å². The molecule has 0 saturated carbocycles. The van der Waals surface area contributed by atoms with Crippen LogP contribution in [-0.4, -0.2) is 21.0 Å². The van der Waals surface area contributed by atoms with Gasteiger partial charge in [0.25, 0.3) is 0 Å². The molecule has 2 aliphatic rings. The summed E-state index contributed by atoms with van der Waals surface area (Å²) in [5.41, 5.74) is 6.03. The van der Waals surface area contributed by atoms with E-state index in [9.17, 15) is 0 Å². The van der Waals surface area contributed by atoms with Crippen molar-refractivity contribution in [3.05, 3.63) is 64.7 Å². The predicted octanol–water partition coefficient (Wildman–Crippen LogP) is 7.40. The van der Waals surface area contributed by atoms with E-state index in [4.69, 9.17) is 30.5 Å². The van der Waals surface area contributed by atoms with Gasteiger partial charge in [0.15, 0.2) is 29.5 Å². The Morgan fingerprint density at radius 3 is 2.53 bits per heavy atom. The molecule has 0 fully saturated rings. The number of benzene rings is 4. The van der Waals surface area contributed by atoms with Gasteiger partial charge in [-0.1, -0.05) is 24.9 Å². The minimum Gasteiger partial charge on any atom is -0.493 e. The lowest BCUT2D eigenvalue weighted by Crippen LogP contribution is -2.41. The molecule has 1 aromatic heterocycles. The largest absolute Gasteiger partial charge is 0.493 e. The molecule has 0 N–H and O–H groups in total. The van der Waals surface area contributed by atoms with Gasteiger partial charge < -0.3 is 18.9 Å². The van der Waals surface area contributed by atoms with Crippen LogP contribution >= 0.6 is 11.6 Å². The molecule has 6 heteroatoms. The average Bonchev–Trinajstić information content (AvgIpc) is 3.42. The fourth-order valence-corrected chi connectivity index (χ4v) is 6.49. The number of rotatable bonds is 6. The van der Waals surface area contributed by atoms with Gasteiger partial charge in [-0.3, -0.25) is 0 Å². The Morgan fingerprint density at radius 2 is 1.76 bits per heavy atom. The highest BCUT2D eigenvalue weighted by molar-refractivity contribution is 6.30. The Labute approximate surface area is 226 Å². The summed E-state index contributed by atoms with van der Waals surface area (Å²) in [6, 6.07) is 16.8. The molecule has 2 aliphatic heterocycles. The van der Waals surface area contributed by atoms with Crippen LogP contribution in [0.1, 0.15) is 30.9 Å². The van der Waals surface area contributed by atoms with Gasteiger partial charge in [0, 0.05) is 27.8 Å². The maximum atomic E-state index is 6.32. The number of fused-ring (bicyclic) bond motifs is 4. The van der Waals surface area contributed by atoms with Gasteiger partial charge in [-0.2, -0.15) is 4.57 Å². The van der Waals surface area contributed by atoms with E-state index < -0.39 is 0 Å². The molecule has 0 spiro atoms. The molecule has 0 radical (unpaired) electrons. The van der Waals surface area contributed by atoms with Crippen LogP contribution in [0.15, 0.2) is 48.5 Å². The van der Waals surface area contributed by atoms with E-state index in [0.717, 1.165) is 71.5 Å². The maximum absolute atomic E-state index is 6.32. The van der Waals surface area contributed by atoms with Crippen molar-refractivity contribution >= 4 is 44.0 Å². The van der Waals surface area contributed by atoms with Gasteiger partial charge in [-0.25, -0.2) is 0 Å². The van der Waals surface area contributed by atoms with Crippen molar-refractivity contribution in [2.45, 2.75) is 39.2 Å². The Morgan fingerprint density at radius 1 is 0.921 bits per heavy atom. The zero-order valence-electron chi connectivity index (χ0n) is 21.8. The van der Waals surface area contributed by atoms with Crippen LogP contribution in [0, 0.1) is 0 Å². The second kappa shape index (κ2) is 8.95. The summed E-state index contributed by atoms with van der Waals surface area (Å²) in [6.07, 6.45) is 4.11. The van der Waals surface area contributed by atoms with Gasteiger partial charge in [0.1, 0.15) is 5.39 Å². The monoisotopic (exact) mass is 526 g/mol. The van der Waals surface area contributed by atoms with E-state index in [1.807, 2.05) is 18.2 Å². The Hall–Kier alpha value is -3.70. The molecule has 0 amide bonds. The number of aryl methyl sites for hydroxylation is 3. The lowest BCUT2D eigenvalue weighted by Gasteiger charge is -2.22. The summed E-state index contributed by atoms with van der Waals surface area (Å²) in [6.45, 7) is 3.34. The van der Waals surface area contributed by atoms with Crippen molar-refractivity contribution in [2.75, 3.05) is 21.0 Å². The number of halogens is 1. The van der Waals surface area contributed by atoms with Crippen LogP contribution < -0.4 is 23.5 Å². The van der Waals surface area contributed by atoms with Crippen LogP contribution in [0.25, 0.3) is 43.7 Å². The van der Waals surface area contributed by atoms with E-state index in [2.05, 4.69) is 41.8 Å². The first-order valence-corrected chi connectivity index (χ1v) is 13.6. The van der Waals surface area contributed by atoms with Crippen molar-refractivity contribution in [1.29, 1.82) is 0 Å². The van der Waals surface area contributed by atoms with Gasteiger partial charge in [0.05, 0.1) is 25.0 Å². The van der Waals surface area contributed by atoms with Crippen molar-refractivity contribution < 1.29 is 23.5 Å². The second-order valence-corrected chi connectivity index (χ2v) is 10.5. The number of ether oxygens (including phenoxy) is 4. The second-order valence-electron chi connectivity index (χ2n) is 10.0. The highest BCUT2D eigenvalue weighted by Gasteiger charge is 2.35. The standard InChI is InChI=1S/C32H29ClNO4/c1-4-5-6-19-15-23-22-11-12-24(35-2)31(36-3)28(22)29(18-7-9-21(33)10-8-18)34-14-13-20-16-25-32(38-17-37-25)27(19)26(20)30(23)34/h7-12,15-16H,4-6,13-14,17H2,1-3H3/q+1. The summed E-state index contributed by atoms with van der Waals surface area (Å²) in [4.78, 5) is 0. The third kappa shape index (κ3) is 3.27. The van der Waals surface area contributed by atoms with Crippen LogP contribution in [0.2, 0.25) is 5.02 Å². The first-order valence-electron chi connectivity index (χ1n) is 13.2. The van der Waals surface area contributed by atoms with Crippen molar-refractivity contribution in [2.24, 2.45) is 0 Å². The lowest BCUT2D eigenvalue weighted by molar-refractivity contribution is -0.659. The van der Waals surface area contributed by atoms with E-state index in [1.54, 1.807) is 14.2 Å².